The number of aromatic nitrogens is 2. The molecule has 0 radical (unpaired) electrons. The van der Waals surface area contributed by atoms with Gasteiger partial charge in [0.05, 0.1) is 23.2 Å². The molecule has 0 bridgehead atoms. The molecule has 0 spiro atoms. The number of furan rings is 1. The Morgan fingerprint density at radius 1 is 1.15 bits per heavy atom. The number of hydrogen-bond acceptors (Lipinski definition) is 6. The van der Waals surface area contributed by atoms with Crippen LogP contribution < -0.4 is 9.64 Å². The molecular formula is C25H19N3O5. The molecule has 8 nitrogen and oxygen atoms in total. The zero-order valence-electron chi connectivity index (χ0n) is 17.7. The average molecular weight is 441 g/mol. The molecule has 2 N–H and O–H groups in total. The summed E-state index contributed by atoms with van der Waals surface area (Å²) < 4.78 is 11.4. The van der Waals surface area contributed by atoms with Gasteiger partial charge in [-0.2, -0.15) is 0 Å². The van der Waals surface area contributed by atoms with Crippen LogP contribution in [0.4, 0.5) is 5.95 Å². The number of Topliss-reactive ketones (excluding diaryl/α,β-unsaturated/α-hetero) is 1. The van der Waals surface area contributed by atoms with Crippen LogP contribution in [0.5, 0.6) is 5.75 Å². The van der Waals surface area contributed by atoms with E-state index in [1.165, 1.54) is 4.90 Å². The first kappa shape index (κ1) is 19.4. The van der Waals surface area contributed by atoms with Crippen molar-refractivity contribution in [1.29, 1.82) is 0 Å². The quantitative estimate of drug-likeness (QED) is 0.282. The van der Waals surface area contributed by atoms with E-state index in [0.717, 1.165) is 16.8 Å². The van der Waals surface area contributed by atoms with Crippen molar-refractivity contribution in [1.82, 2.24) is 9.97 Å². The highest BCUT2D eigenvalue weighted by Gasteiger charge is 2.49. The number of carbonyl (C=O) groups is 2. The largest absolute Gasteiger partial charge is 0.507 e. The summed E-state index contributed by atoms with van der Waals surface area (Å²) in [4.78, 5) is 35.3. The summed E-state index contributed by atoms with van der Waals surface area (Å²) in [7, 11) is 0. The number of para-hydroxylation sites is 2. The third kappa shape index (κ3) is 2.95. The Morgan fingerprint density at radius 3 is 2.79 bits per heavy atom. The maximum absolute atomic E-state index is 13.2. The molecular weight excluding hydrogens is 422 g/mol. The second-order valence-electron chi connectivity index (χ2n) is 8.12. The van der Waals surface area contributed by atoms with Crippen molar-refractivity contribution in [2.75, 3.05) is 11.5 Å². The Balaban J connectivity index is 1.55. The first-order valence-electron chi connectivity index (χ1n) is 10.6. The number of carbonyl (C=O) groups excluding carboxylic acids is 2. The van der Waals surface area contributed by atoms with Gasteiger partial charge >= 0.3 is 5.91 Å². The number of anilines is 1. The van der Waals surface area contributed by atoms with E-state index >= 15 is 0 Å². The lowest BCUT2D eigenvalue weighted by atomic mass is 9.98. The number of amides is 1. The minimum atomic E-state index is -0.969. The smallest absolute Gasteiger partial charge is 0.302 e. The van der Waals surface area contributed by atoms with E-state index in [2.05, 4.69) is 9.97 Å². The molecule has 0 aliphatic carbocycles. The standard InChI is InChI=1S/C25H19N3O5/c1-13-6-8-19(33-13)21-20(22(29)15-7-9-18-14(12-15)10-11-32-18)23(30)24(31)28(21)25-26-16-4-2-3-5-17(16)27-25/h2-9,12,21,29H,10-11H2,1H3,(H,26,27)/b22-20+. The number of nitrogens with one attached hydrogen (secondary N) is 1. The molecule has 2 aliphatic rings. The van der Waals surface area contributed by atoms with Gasteiger partial charge in [0.15, 0.2) is 0 Å². The number of aryl methyl sites for hydroxylation is 1. The number of fused-ring (bicyclic) bond motifs is 2. The van der Waals surface area contributed by atoms with Gasteiger partial charge in [0.25, 0.3) is 5.78 Å². The average Bonchev–Trinajstić information content (AvgIpc) is 3.59. The Morgan fingerprint density at radius 2 is 2.00 bits per heavy atom. The van der Waals surface area contributed by atoms with Crippen LogP contribution >= 0.6 is 0 Å². The molecule has 1 amide bonds. The predicted molar refractivity (Wildman–Crippen MR) is 120 cm³/mol. The maximum Gasteiger partial charge on any atom is 0.302 e. The molecule has 4 heterocycles. The molecule has 2 aromatic carbocycles. The summed E-state index contributed by atoms with van der Waals surface area (Å²) in [6.45, 7) is 2.35. The summed E-state index contributed by atoms with van der Waals surface area (Å²) >= 11 is 0. The van der Waals surface area contributed by atoms with Gasteiger partial charge in [0.2, 0.25) is 5.95 Å². The van der Waals surface area contributed by atoms with Crippen LogP contribution in [0.3, 0.4) is 0 Å². The Bertz CT molecular complexity index is 1450. The molecule has 1 atom stereocenters. The molecule has 33 heavy (non-hydrogen) atoms. The zero-order valence-corrected chi connectivity index (χ0v) is 17.7. The van der Waals surface area contributed by atoms with E-state index in [1.54, 1.807) is 37.3 Å². The van der Waals surface area contributed by atoms with E-state index < -0.39 is 17.7 Å². The van der Waals surface area contributed by atoms with Crippen LogP contribution in [0.1, 0.15) is 28.7 Å². The van der Waals surface area contributed by atoms with Crippen LogP contribution in [0, 0.1) is 6.92 Å². The van der Waals surface area contributed by atoms with E-state index in [1.807, 2.05) is 24.3 Å². The van der Waals surface area contributed by atoms with Crippen LogP contribution in [0.15, 0.2) is 64.6 Å². The van der Waals surface area contributed by atoms with E-state index in [9.17, 15) is 14.7 Å². The number of ketones is 1. The van der Waals surface area contributed by atoms with Gasteiger partial charge in [-0.3, -0.25) is 14.5 Å². The highest BCUT2D eigenvalue weighted by molar-refractivity contribution is 6.51. The Labute approximate surface area is 188 Å². The molecule has 1 unspecified atom stereocenters. The van der Waals surface area contributed by atoms with Crippen LogP contribution in [-0.2, 0) is 16.0 Å². The fourth-order valence-electron chi connectivity index (χ4n) is 4.46. The van der Waals surface area contributed by atoms with E-state index in [4.69, 9.17) is 9.15 Å². The lowest BCUT2D eigenvalue weighted by Gasteiger charge is -2.20. The summed E-state index contributed by atoms with van der Waals surface area (Å²) in [5.74, 6) is 0.0861. The molecule has 0 saturated carbocycles. The fourth-order valence-corrected chi connectivity index (χ4v) is 4.46. The Hall–Kier alpha value is -4.33. The lowest BCUT2D eigenvalue weighted by molar-refractivity contribution is -0.132. The number of hydrogen-bond donors (Lipinski definition) is 2. The number of aliphatic hydroxyl groups excluding tert-OH is 1. The minimum Gasteiger partial charge on any atom is -0.507 e. The number of rotatable bonds is 3. The van der Waals surface area contributed by atoms with Gasteiger partial charge in [-0.05, 0) is 55.0 Å². The molecule has 2 aromatic heterocycles. The van der Waals surface area contributed by atoms with Gasteiger partial charge in [-0.25, -0.2) is 4.98 Å². The molecule has 2 aliphatic heterocycles. The first-order chi connectivity index (χ1) is 16.0. The van der Waals surface area contributed by atoms with Gasteiger partial charge in [0.1, 0.15) is 29.1 Å². The Kier molecular flexibility index (Phi) is 4.16. The van der Waals surface area contributed by atoms with Crippen LogP contribution in [-0.4, -0.2) is 33.4 Å². The zero-order chi connectivity index (χ0) is 22.7. The fraction of sp³-hybridized carbons (Fsp3) is 0.160. The number of nitrogens with zero attached hydrogens (tertiary/aromatic N) is 2. The number of aliphatic hydroxyl groups is 1. The van der Waals surface area contributed by atoms with Gasteiger partial charge in [0, 0.05) is 12.0 Å². The van der Waals surface area contributed by atoms with Crippen LogP contribution in [0.2, 0.25) is 0 Å². The number of benzene rings is 2. The molecule has 1 fully saturated rings. The third-order valence-corrected chi connectivity index (χ3v) is 6.04. The van der Waals surface area contributed by atoms with Gasteiger partial charge in [-0.1, -0.05) is 12.1 Å². The maximum atomic E-state index is 13.2. The topological polar surface area (TPSA) is 109 Å². The number of aromatic amines is 1. The van der Waals surface area contributed by atoms with Gasteiger partial charge in [-0.15, -0.1) is 0 Å². The lowest BCUT2D eigenvalue weighted by Crippen LogP contribution is -2.30. The molecule has 8 heteroatoms. The number of imidazole rings is 1. The van der Waals surface area contributed by atoms with Crippen molar-refractivity contribution < 1.29 is 23.8 Å². The highest BCUT2D eigenvalue weighted by Crippen LogP contribution is 2.42. The second-order valence-corrected chi connectivity index (χ2v) is 8.12. The third-order valence-electron chi connectivity index (χ3n) is 6.04. The number of ether oxygens (including phenoxy) is 1. The van der Waals surface area contributed by atoms with Crippen molar-refractivity contribution in [2.24, 2.45) is 0 Å². The SMILES string of the molecule is Cc1ccc(C2/C(=C(\O)c3ccc4c(c3)CCO4)C(=O)C(=O)N2c2nc3ccccc3[nH]2)o1. The summed E-state index contributed by atoms with van der Waals surface area (Å²) in [6, 6.07) is 15.0. The molecule has 4 aromatic rings. The molecule has 164 valence electrons. The van der Waals surface area contributed by atoms with Crippen molar-refractivity contribution in [3.05, 3.63) is 82.8 Å². The second kappa shape index (κ2) is 7.09. The van der Waals surface area contributed by atoms with E-state index in [-0.39, 0.29) is 17.3 Å². The summed E-state index contributed by atoms with van der Waals surface area (Å²) in [5, 5.41) is 11.2. The monoisotopic (exact) mass is 441 g/mol. The van der Waals surface area contributed by atoms with Crippen molar-refractivity contribution in [2.45, 2.75) is 19.4 Å². The normalized spacial score (nSPS) is 19.3. The van der Waals surface area contributed by atoms with E-state index in [0.29, 0.717) is 35.6 Å². The summed E-state index contributed by atoms with van der Waals surface area (Å²) in [5.41, 5.74) is 2.71. The summed E-state index contributed by atoms with van der Waals surface area (Å²) in [6.07, 6.45) is 0.713. The molecule has 6 rings (SSSR count). The van der Waals surface area contributed by atoms with Crippen LogP contribution in [0.25, 0.3) is 16.8 Å². The van der Waals surface area contributed by atoms with Crippen molar-refractivity contribution >= 4 is 34.4 Å². The first-order valence-corrected chi connectivity index (χ1v) is 10.6. The highest BCUT2D eigenvalue weighted by atomic mass is 16.5. The predicted octanol–water partition coefficient (Wildman–Crippen LogP) is 4.03. The minimum absolute atomic E-state index is 0.0475. The number of H-pyrrole nitrogens is 1. The van der Waals surface area contributed by atoms with Gasteiger partial charge < -0.3 is 19.2 Å². The molecule has 1 saturated heterocycles. The van der Waals surface area contributed by atoms with Crippen molar-refractivity contribution in [3.63, 3.8) is 0 Å². The van der Waals surface area contributed by atoms with Crippen molar-refractivity contribution in [3.8, 4) is 5.75 Å².